The van der Waals surface area contributed by atoms with Gasteiger partial charge in [-0.1, -0.05) is 264 Å². The van der Waals surface area contributed by atoms with E-state index in [1.807, 2.05) is 184 Å². The van der Waals surface area contributed by atoms with Crippen molar-refractivity contribution in [3.05, 3.63) is 444 Å². The lowest BCUT2D eigenvalue weighted by Gasteiger charge is -2.13. The number of esters is 2. The number of methoxy groups -OCH3 is 3. The Morgan fingerprint density at radius 3 is 0.909 bits per heavy atom. The number of benzene rings is 12. The van der Waals surface area contributed by atoms with Gasteiger partial charge in [-0.15, -0.1) is 0 Å². The molecule has 4 N–H and O–H groups in total. The third-order valence-electron chi connectivity index (χ3n) is 20.8. The van der Waals surface area contributed by atoms with Crippen LogP contribution in [-0.2, 0) is 93.1 Å². The molecule has 0 atom stereocenters. The van der Waals surface area contributed by atoms with Crippen LogP contribution in [0.1, 0.15) is 156 Å². The highest BCUT2D eigenvalue weighted by molar-refractivity contribution is 5.91. The lowest BCUT2D eigenvalue weighted by atomic mass is 10.0. The summed E-state index contributed by atoms with van der Waals surface area (Å²) in [5, 5.41) is 13.2. The second kappa shape index (κ2) is 47.4. The van der Waals surface area contributed by atoms with Gasteiger partial charge in [0.05, 0.1) is 32.5 Å². The van der Waals surface area contributed by atoms with Crippen molar-refractivity contribution < 1.29 is 42.9 Å². The highest BCUT2D eigenvalue weighted by Crippen LogP contribution is 2.28. The molecule has 132 heavy (non-hydrogen) atoms. The molecule has 4 aromatic heterocycles. The van der Waals surface area contributed by atoms with Crippen molar-refractivity contribution in [2.24, 2.45) is 0 Å². The molecule has 0 aliphatic rings. The molecule has 0 amide bonds. The summed E-state index contributed by atoms with van der Waals surface area (Å²) in [6.45, 7) is 13.6. The zero-order valence-electron chi connectivity index (χ0n) is 75.1. The van der Waals surface area contributed by atoms with Crippen LogP contribution in [0, 0.1) is 41.5 Å². The zero-order valence-corrected chi connectivity index (χ0v) is 75.1. The van der Waals surface area contributed by atoms with E-state index in [9.17, 15) is 19.2 Å². The van der Waals surface area contributed by atoms with Crippen LogP contribution < -0.4 is 26.0 Å². The molecular formula is C107H102N16O9. The van der Waals surface area contributed by atoms with Gasteiger partial charge in [0.2, 0.25) is 23.8 Å². The van der Waals surface area contributed by atoms with E-state index in [1.54, 1.807) is 31.4 Å². The lowest BCUT2D eigenvalue weighted by molar-refractivity contribution is -0.130. The van der Waals surface area contributed by atoms with E-state index in [0.29, 0.717) is 123 Å². The van der Waals surface area contributed by atoms with Gasteiger partial charge in [0, 0.05) is 80.2 Å². The number of aromatic nitrogens is 12. The quantitative estimate of drug-likeness (QED) is 0.0169. The molecule has 0 fully saturated rings. The average molecular weight is 1760 g/mol. The van der Waals surface area contributed by atoms with Crippen molar-refractivity contribution in [3.8, 4) is 5.75 Å². The highest BCUT2D eigenvalue weighted by Gasteiger charge is 2.21. The molecule has 0 aliphatic heterocycles. The summed E-state index contributed by atoms with van der Waals surface area (Å²) in [4.78, 5) is 102. The van der Waals surface area contributed by atoms with E-state index in [4.69, 9.17) is 48.6 Å². The van der Waals surface area contributed by atoms with Crippen molar-refractivity contribution in [2.45, 2.75) is 106 Å². The van der Waals surface area contributed by atoms with E-state index >= 15 is 0 Å². The molecule has 4 heterocycles. The van der Waals surface area contributed by atoms with Crippen molar-refractivity contribution in [1.29, 1.82) is 0 Å². The standard InChI is InChI=1S/C29H28N4O4.C27H24N4O4.C26H26N4O.C25H24N4/c1-19-12-13-25(20(2)14-19)30-29-32-26(15-21-8-4-5-10-23(21)17-37-18-34)31-27(33-29)16-22-9-6-7-11-24(22)28(35)36-3;1-34-26(33)23-14-8-7-10-20(23)16-25-29-24(15-19-9-5-6-11-21(19)17-35-18-32)30-27(31-25)28-22-12-3-2-4-13-22;1-18-7-4-9-20(13-18)15-24-28-25(16-21-10-5-8-19(2)14-21)30-26(29-24)27-22-11-6-12-23(17-22)31-3;1-18-8-6-10-20(14-18)16-23-27-24(17-21-11-7-9-19(2)15-21)29-25(28-23)26-22-12-4-3-5-13-22/h4-14,18H,15-17H2,1-3H3,(H,30,31,32,33);2-14,18H,15-17H2,1H3,(H,28,29,30,31);4-14,17H,15-16H2,1-3H3,(H,27,28,29,30);3-15H,16-17H2,1-2H3,(H,26,27,28,29). The second-order valence-corrected chi connectivity index (χ2v) is 31.3. The van der Waals surface area contributed by atoms with Crippen LogP contribution in [0.5, 0.6) is 5.75 Å². The van der Waals surface area contributed by atoms with E-state index in [1.165, 1.54) is 58.7 Å². The third kappa shape index (κ3) is 28.5. The van der Waals surface area contributed by atoms with Gasteiger partial charge < -0.3 is 45.0 Å². The Morgan fingerprint density at radius 1 is 0.273 bits per heavy atom. The van der Waals surface area contributed by atoms with Crippen LogP contribution in [0.3, 0.4) is 0 Å². The van der Waals surface area contributed by atoms with Gasteiger partial charge >= 0.3 is 11.9 Å². The molecule has 12 aromatic carbocycles. The van der Waals surface area contributed by atoms with E-state index < -0.39 is 11.9 Å². The number of anilines is 8. The summed E-state index contributed by atoms with van der Waals surface area (Å²) in [6, 6.07) is 97.0. The predicted molar refractivity (Wildman–Crippen MR) is 512 cm³/mol. The van der Waals surface area contributed by atoms with Gasteiger partial charge in [-0.3, -0.25) is 9.59 Å². The number of para-hydroxylation sites is 2. The van der Waals surface area contributed by atoms with Gasteiger partial charge in [-0.2, -0.15) is 39.9 Å². The summed E-state index contributed by atoms with van der Waals surface area (Å²) in [5.74, 6) is 7.00. The number of rotatable bonds is 33. The Hall–Kier alpha value is -16.4. The summed E-state index contributed by atoms with van der Waals surface area (Å²) in [7, 11) is 4.37. The van der Waals surface area contributed by atoms with E-state index in [0.717, 1.165) is 96.3 Å². The number of nitrogens with one attached hydrogen (secondary N) is 4. The molecule has 25 nitrogen and oxygen atoms in total. The van der Waals surface area contributed by atoms with Gasteiger partial charge in [0.15, 0.2) is 0 Å². The summed E-state index contributed by atoms with van der Waals surface area (Å²) in [5.41, 5.74) is 21.5. The smallest absolute Gasteiger partial charge is 0.338 e. The minimum Gasteiger partial charge on any atom is -0.497 e. The van der Waals surface area contributed by atoms with Crippen LogP contribution in [-0.4, -0.2) is 106 Å². The van der Waals surface area contributed by atoms with Crippen LogP contribution >= 0.6 is 0 Å². The molecule has 16 rings (SSSR count). The summed E-state index contributed by atoms with van der Waals surface area (Å²) in [6.07, 6.45) is 4.11. The first-order valence-corrected chi connectivity index (χ1v) is 43.0. The first-order chi connectivity index (χ1) is 64.3. The zero-order chi connectivity index (χ0) is 92.3. The van der Waals surface area contributed by atoms with Gasteiger partial charge in [-0.25, -0.2) is 29.5 Å². The maximum Gasteiger partial charge on any atom is 0.338 e. The fraction of sp³-hybridized carbons (Fsp3) is 0.178. The van der Waals surface area contributed by atoms with Gasteiger partial charge in [0.1, 0.15) is 65.6 Å². The molecule has 664 valence electrons. The molecule has 0 unspecified atom stereocenters. The number of carbonyl (C=O) groups is 4. The average Bonchev–Trinajstić information content (AvgIpc) is 0.824. The Kier molecular flexibility index (Phi) is 33.5. The fourth-order valence-corrected chi connectivity index (χ4v) is 14.6. The Bertz CT molecular complexity index is 6470. The maximum atomic E-state index is 12.3. The van der Waals surface area contributed by atoms with Crippen molar-refractivity contribution >= 4 is 71.4 Å². The highest BCUT2D eigenvalue weighted by atomic mass is 16.5. The number of aryl methyl sites for hydroxylation is 6. The first kappa shape index (κ1) is 93.2. The third-order valence-corrected chi connectivity index (χ3v) is 20.8. The molecule has 16 aromatic rings. The monoisotopic (exact) mass is 1750 g/mol. The van der Waals surface area contributed by atoms with Gasteiger partial charge in [0.25, 0.3) is 12.9 Å². The molecule has 0 saturated carbocycles. The number of ether oxygens (including phenoxy) is 5. The molecule has 25 heteroatoms. The minimum atomic E-state index is -0.415. The Labute approximate surface area is 768 Å². The second-order valence-electron chi connectivity index (χ2n) is 31.3. The lowest BCUT2D eigenvalue weighted by Crippen LogP contribution is -2.12. The first-order valence-electron chi connectivity index (χ1n) is 43.0. The number of carbonyl (C=O) groups excluding carboxylic acids is 4. The summed E-state index contributed by atoms with van der Waals surface area (Å²) >= 11 is 0. The van der Waals surface area contributed by atoms with Crippen molar-refractivity contribution in [2.75, 3.05) is 42.6 Å². The number of nitrogens with zero attached hydrogens (tertiary/aromatic N) is 12. The number of hydrogen-bond acceptors (Lipinski definition) is 25. The molecule has 0 saturated heterocycles. The van der Waals surface area contributed by atoms with E-state index in [2.05, 4.69) is 187 Å². The van der Waals surface area contributed by atoms with Crippen molar-refractivity contribution in [3.63, 3.8) is 0 Å². The molecule has 0 aliphatic carbocycles. The maximum absolute atomic E-state index is 12.3. The normalized spacial score (nSPS) is 10.6. The van der Waals surface area contributed by atoms with Crippen LogP contribution in [0.15, 0.2) is 297 Å². The molecule has 0 radical (unpaired) electrons. The minimum absolute atomic E-state index is 0.164. The topological polar surface area (TPSA) is 317 Å². The molecular weight excluding hydrogens is 1650 g/mol. The Morgan fingerprint density at radius 2 is 0.568 bits per heavy atom. The van der Waals surface area contributed by atoms with E-state index in [-0.39, 0.29) is 13.2 Å². The summed E-state index contributed by atoms with van der Waals surface area (Å²) < 4.78 is 25.1. The predicted octanol–water partition coefficient (Wildman–Crippen LogP) is 20.0. The van der Waals surface area contributed by atoms with Crippen LogP contribution in [0.25, 0.3) is 0 Å². The SMILES string of the molecule is COC(=O)c1ccccc1Cc1nc(Cc2ccccc2COC=O)nc(Nc2ccc(C)cc2C)n1.COC(=O)c1ccccc1Cc1nc(Cc2ccccc2COC=O)nc(Nc2ccccc2)n1.COc1cccc(Nc2nc(Cc3cccc(C)c3)nc(Cc3cccc(C)c3)n2)c1.Cc1cccc(Cc2nc(Cc3cccc(C)c3)nc(Nc3ccccc3)n2)c1. The van der Waals surface area contributed by atoms with Crippen LogP contribution in [0.4, 0.5) is 46.5 Å². The van der Waals surface area contributed by atoms with Crippen LogP contribution in [0.2, 0.25) is 0 Å². The number of hydrogen-bond donors (Lipinski definition) is 4. The molecule has 0 bridgehead atoms. The van der Waals surface area contributed by atoms with Gasteiger partial charge in [-0.05, 0) is 157 Å². The molecule has 0 spiro atoms. The fourth-order valence-electron chi connectivity index (χ4n) is 14.6. The largest absolute Gasteiger partial charge is 0.497 e. The van der Waals surface area contributed by atoms with Crippen molar-refractivity contribution in [1.82, 2.24) is 59.8 Å². The Balaban J connectivity index is 0.000000150.